The molecule has 0 aliphatic rings. The Labute approximate surface area is 140 Å². The Morgan fingerprint density at radius 2 is 0.857 bits per heavy atom. The summed E-state index contributed by atoms with van der Waals surface area (Å²) < 4.78 is 0. The van der Waals surface area contributed by atoms with Crippen LogP contribution in [0.2, 0.25) is 0 Å². The maximum Gasteiger partial charge on any atom is 0 e. The van der Waals surface area contributed by atoms with Gasteiger partial charge in [0.05, 0.1) is 0 Å². The molecule has 0 fully saturated rings. The molecule has 0 atom stereocenters. The summed E-state index contributed by atoms with van der Waals surface area (Å²) in [6.07, 6.45) is 27.5. The average Bonchev–Trinajstić information content (AvgIpc) is 2.47. The van der Waals surface area contributed by atoms with E-state index in [9.17, 15) is 0 Å². The first-order valence-corrected chi connectivity index (χ1v) is 9.56. The number of hydrogen-bond donors (Lipinski definition) is 0. The van der Waals surface area contributed by atoms with Crippen molar-refractivity contribution in [2.45, 2.75) is 117 Å². The first-order chi connectivity index (χ1) is 9.91. The monoisotopic (exact) mass is 308 g/mol. The third-order valence-corrected chi connectivity index (χ3v) is 4.13. The molecule has 0 aromatic carbocycles. The molecule has 0 aromatic heterocycles. The van der Waals surface area contributed by atoms with Crippen LogP contribution in [0.4, 0.5) is 0 Å². The van der Waals surface area contributed by atoms with E-state index in [0.717, 1.165) is 0 Å². The molecule has 21 heavy (non-hydrogen) atoms. The number of allylic oxidation sites excluding steroid dienone is 2. The molecule has 124 valence electrons. The lowest BCUT2D eigenvalue weighted by Crippen LogP contribution is -1.83. The van der Waals surface area contributed by atoms with Crippen LogP contribution in [0.3, 0.4) is 0 Å². The molecular formula is C20H40Si. The standard InChI is InChI=1S/C20H40.Si/c1-3-5-7-9-11-13-15-17-19-20-18-16-14-12-10-8-6-4-2;/h5,7H,3-4,6,8-20H2,1-2H3;. The van der Waals surface area contributed by atoms with Crippen molar-refractivity contribution in [1.29, 1.82) is 0 Å². The maximum atomic E-state index is 2.35. The average molecular weight is 309 g/mol. The molecule has 0 spiro atoms. The van der Waals surface area contributed by atoms with Crippen molar-refractivity contribution in [3.63, 3.8) is 0 Å². The van der Waals surface area contributed by atoms with E-state index in [1.165, 1.54) is 103 Å². The van der Waals surface area contributed by atoms with Gasteiger partial charge in [0.2, 0.25) is 0 Å². The Balaban J connectivity index is 0. The minimum Gasteiger partial charge on any atom is -0.0888 e. The van der Waals surface area contributed by atoms with E-state index in [1.807, 2.05) is 0 Å². The van der Waals surface area contributed by atoms with Gasteiger partial charge in [-0.1, -0.05) is 109 Å². The van der Waals surface area contributed by atoms with Crippen LogP contribution >= 0.6 is 0 Å². The zero-order chi connectivity index (χ0) is 14.7. The van der Waals surface area contributed by atoms with E-state index < -0.39 is 0 Å². The summed E-state index contributed by atoms with van der Waals surface area (Å²) in [6, 6.07) is 0. The summed E-state index contributed by atoms with van der Waals surface area (Å²) in [5.41, 5.74) is 0. The lowest BCUT2D eigenvalue weighted by atomic mass is 10.0. The largest absolute Gasteiger partial charge is 0.0888 e. The van der Waals surface area contributed by atoms with Crippen molar-refractivity contribution in [2.24, 2.45) is 0 Å². The quantitative estimate of drug-likeness (QED) is 0.158. The predicted molar refractivity (Wildman–Crippen MR) is 100 cm³/mol. The molecule has 0 heterocycles. The Hall–Kier alpha value is -0.0431. The van der Waals surface area contributed by atoms with Gasteiger partial charge in [-0.15, -0.1) is 0 Å². The SMILES string of the molecule is CCC=CCCCCCCCCCCCCCCCC.[Si]. The summed E-state index contributed by atoms with van der Waals surface area (Å²) in [5.74, 6) is 0. The highest BCUT2D eigenvalue weighted by Gasteiger charge is 1.93. The molecule has 0 aliphatic carbocycles. The van der Waals surface area contributed by atoms with Crippen LogP contribution in [0.25, 0.3) is 0 Å². The minimum absolute atomic E-state index is 0. The Morgan fingerprint density at radius 1 is 0.476 bits per heavy atom. The highest BCUT2D eigenvalue weighted by atomic mass is 28.1. The number of unbranched alkanes of at least 4 members (excludes halogenated alkanes) is 14. The van der Waals surface area contributed by atoms with Crippen LogP contribution in [-0.4, -0.2) is 11.0 Å². The minimum atomic E-state index is 0. The van der Waals surface area contributed by atoms with E-state index >= 15 is 0 Å². The van der Waals surface area contributed by atoms with Crippen molar-refractivity contribution >= 4 is 11.0 Å². The summed E-state index contributed by atoms with van der Waals surface area (Å²) >= 11 is 0. The van der Waals surface area contributed by atoms with Crippen LogP contribution < -0.4 is 0 Å². The molecule has 0 amide bonds. The van der Waals surface area contributed by atoms with E-state index in [2.05, 4.69) is 26.0 Å². The van der Waals surface area contributed by atoms with Crippen molar-refractivity contribution < 1.29 is 0 Å². The molecule has 0 saturated heterocycles. The van der Waals surface area contributed by atoms with Crippen LogP contribution in [0.1, 0.15) is 117 Å². The number of hydrogen-bond acceptors (Lipinski definition) is 0. The van der Waals surface area contributed by atoms with Gasteiger partial charge in [0.1, 0.15) is 0 Å². The number of rotatable bonds is 16. The maximum absolute atomic E-state index is 2.35. The summed E-state index contributed by atoms with van der Waals surface area (Å²) in [5, 5.41) is 0. The Bertz CT molecular complexity index is 186. The Kier molecular flexibility index (Phi) is 24.6. The zero-order valence-electron chi connectivity index (χ0n) is 15.0. The fraction of sp³-hybridized carbons (Fsp3) is 0.900. The van der Waals surface area contributed by atoms with E-state index in [1.54, 1.807) is 0 Å². The molecule has 0 nitrogen and oxygen atoms in total. The van der Waals surface area contributed by atoms with Gasteiger partial charge in [-0.2, -0.15) is 0 Å². The second kappa shape index (κ2) is 22.2. The van der Waals surface area contributed by atoms with Gasteiger partial charge < -0.3 is 0 Å². The van der Waals surface area contributed by atoms with E-state index in [4.69, 9.17) is 0 Å². The van der Waals surface area contributed by atoms with Crippen molar-refractivity contribution in [1.82, 2.24) is 0 Å². The molecule has 0 saturated carbocycles. The molecule has 0 N–H and O–H groups in total. The first-order valence-electron chi connectivity index (χ1n) is 9.56. The van der Waals surface area contributed by atoms with Gasteiger partial charge in [-0.25, -0.2) is 0 Å². The second-order valence-electron chi connectivity index (χ2n) is 6.26. The molecule has 0 unspecified atom stereocenters. The zero-order valence-corrected chi connectivity index (χ0v) is 16.0. The molecule has 1 heteroatoms. The van der Waals surface area contributed by atoms with Crippen molar-refractivity contribution in [3.05, 3.63) is 12.2 Å². The van der Waals surface area contributed by atoms with Crippen LogP contribution in [0.15, 0.2) is 12.2 Å². The first kappa shape index (κ1) is 23.2. The van der Waals surface area contributed by atoms with Gasteiger partial charge >= 0.3 is 0 Å². The highest BCUT2D eigenvalue weighted by molar-refractivity contribution is 5.75. The summed E-state index contributed by atoms with van der Waals surface area (Å²) in [6.45, 7) is 4.50. The molecule has 0 aromatic rings. The van der Waals surface area contributed by atoms with Gasteiger partial charge in [0.25, 0.3) is 0 Å². The third-order valence-electron chi connectivity index (χ3n) is 4.13. The van der Waals surface area contributed by atoms with E-state index in [-0.39, 0.29) is 11.0 Å². The fourth-order valence-electron chi connectivity index (χ4n) is 2.74. The van der Waals surface area contributed by atoms with Crippen molar-refractivity contribution in [3.8, 4) is 0 Å². The van der Waals surface area contributed by atoms with E-state index in [0.29, 0.717) is 0 Å². The van der Waals surface area contributed by atoms with Crippen molar-refractivity contribution in [2.75, 3.05) is 0 Å². The third kappa shape index (κ3) is 22.4. The lowest BCUT2D eigenvalue weighted by Gasteiger charge is -2.02. The van der Waals surface area contributed by atoms with Gasteiger partial charge in [-0.3, -0.25) is 0 Å². The van der Waals surface area contributed by atoms with Crippen LogP contribution in [0.5, 0.6) is 0 Å². The molecule has 0 aliphatic heterocycles. The normalized spacial score (nSPS) is 11.0. The molecule has 4 radical (unpaired) electrons. The fourth-order valence-corrected chi connectivity index (χ4v) is 2.74. The Morgan fingerprint density at radius 3 is 1.24 bits per heavy atom. The topological polar surface area (TPSA) is 0 Å². The molecular weight excluding hydrogens is 268 g/mol. The summed E-state index contributed by atoms with van der Waals surface area (Å²) in [4.78, 5) is 0. The molecule has 0 bridgehead atoms. The summed E-state index contributed by atoms with van der Waals surface area (Å²) in [7, 11) is 0. The highest BCUT2D eigenvalue weighted by Crippen LogP contribution is 2.13. The van der Waals surface area contributed by atoms with Gasteiger partial charge in [0, 0.05) is 11.0 Å². The van der Waals surface area contributed by atoms with Crippen LogP contribution in [-0.2, 0) is 0 Å². The second-order valence-corrected chi connectivity index (χ2v) is 6.26. The van der Waals surface area contributed by atoms with Gasteiger partial charge in [0.15, 0.2) is 0 Å². The molecule has 0 rings (SSSR count). The predicted octanol–water partition coefficient (Wildman–Crippen LogP) is 7.44. The van der Waals surface area contributed by atoms with Crippen LogP contribution in [0, 0.1) is 0 Å². The van der Waals surface area contributed by atoms with Gasteiger partial charge in [-0.05, 0) is 19.3 Å². The lowest BCUT2D eigenvalue weighted by molar-refractivity contribution is 0.536. The smallest absolute Gasteiger partial charge is 0 e.